The Morgan fingerprint density at radius 3 is 2.37 bits per heavy atom. The van der Waals surface area contributed by atoms with Crippen LogP contribution in [0.2, 0.25) is 0 Å². The van der Waals surface area contributed by atoms with Crippen molar-refractivity contribution in [3.63, 3.8) is 0 Å². The maximum atomic E-state index is 12.9. The van der Waals surface area contributed by atoms with Gasteiger partial charge in [0, 0.05) is 35.4 Å². The molecule has 0 aliphatic carbocycles. The third-order valence-corrected chi connectivity index (χ3v) is 5.43. The van der Waals surface area contributed by atoms with Gasteiger partial charge in [-0.15, -0.1) is 0 Å². The zero-order valence-corrected chi connectivity index (χ0v) is 20.7. The number of hydrogen-bond acceptors (Lipinski definition) is 4. The highest BCUT2D eigenvalue weighted by molar-refractivity contribution is 6.04. The highest BCUT2D eigenvalue weighted by atomic mass is 19.4. The van der Waals surface area contributed by atoms with Gasteiger partial charge in [0.15, 0.2) is 0 Å². The predicted octanol–water partition coefficient (Wildman–Crippen LogP) is 6.93. The number of amides is 1. The molecule has 0 bridgehead atoms. The van der Waals surface area contributed by atoms with Crippen molar-refractivity contribution in [3.8, 4) is 11.1 Å². The molecule has 1 atom stereocenters. The first kappa shape index (κ1) is 28.0. The van der Waals surface area contributed by atoms with Crippen LogP contribution in [0.1, 0.15) is 72.5 Å². The molecule has 1 unspecified atom stereocenters. The van der Waals surface area contributed by atoms with Crippen LogP contribution >= 0.6 is 0 Å². The molecular weight excluding hydrogens is 455 g/mol. The standard InChI is InChI=1S/C24H24F3N3O.C3H8O/c1-5-14(2)21-11-18(10-16(4)29-21)20-13-19(7-6-15(20)3)30-23(31)17-8-9-28-22(12-17)24(25,26)27;1-2-3-4/h6-14H,5H2,1-4H3,(H,30,31);4H,2-3H2,1H3. The number of pyridine rings is 2. The van der Waals surface area contributed by atoms with Crippen LogP contribution in [0.15, 0.2) is 48.7 Å². The molecule has 0 saturated heterocycles. The minimum Gasteiger partial charge on any atom is -0.396 e. The molecule has 35 heavy (non-hydrogen) atoms. The Morgan fingerprint density at radius 2 is 1.77 bits per heavy atom. The van der Waals surface area contributed by atoms with Crippen LogP contribution in [0.25, 0.3) is 11.1 Å². The van der Waals surface area contributed by atoms with Gasteiger partial charge in [-0.3, -0.25) is 14.8 Å². The molecule has 3 rings (SSSR count). The number of benzene rings is 1. The van der Waals surface area contributed by atoms with E-state index in [4.69, 9.17) is 5.11 Å². The second kappa shape index (κ2) is 12.4. The van der Waals surface area contributed by atoms with Crippen molar-refractivity contribution in [2.45, 2.75) is 59.6 Å². The van der Waals surface area contributed by atoms with Crippen molar-refractivity contribution in [2.24, 2.45) is 0 Å². The monoisotopic (exact) mass is 487 g/mol. The maximum absolute atomic E-state index is 12.9. The third-order valence-electron chi connectivity index (χ3n) is 5.43. The van der Waals surface area contributed by atoms with E-state index < -0.39 is 17.8 Å². The van der Waals surface area contributed by atoms with E-state index in [1.807, 2.05) is 45.0 Å². The van der Waals surface area contributed by atoms with E-state index in [0.29, 0.717) is 18.2 Å². The first-order chi connectivity index (χ1) is 16.5. The van der Waals surface area contributed by atoms with Gasteiger partial charge in [0.2, 0.25) is 0 Å². The number of nitrogens with zero attached hydrogens (tertiary/aromatic N) is 2. The molecule has 1 aromatic carbocycles. The second-order valence-electron chi connectivity index (χ2n) is 8.37. The fraction of sp³-hybridized carbons (Fsp3) is 0.370. The Morgan fingerprint density at radius 1 is 1.09 bits per heavy atom. The van der Waals surface area contributed by atoms with Gasteiger partial charge in [-0.05, 0) is 85.7 Å². The Balaban J connectivity index is 0.00000100. The zero-order valence-electron chi connectivity index (χ0n) is 20.7. The molecule has 5 nitrogen and oxygen atoms in total. The van der Waals surface area contributed by atoms with Gasteiger partial charge in [-0.25, -0.2) is 0 Å². The van der Waals surface area contributed by atoms with Crippen LogP contribution in [0.3, 0.4) is 0 Å². The van der Waals surface area contributed by atoms with Crippen LogP contribution in [0, 0.1) is 13.8 Å². The lowest BCUT2D eigenvalue weighted by atomic mass is 9.96. The molecule has 188 valence electrons. The van der Waals surface area contributed by atoms with Crippen molar-refractivity contribution < 1.29 is 23.1 Å². The van der Waals surface area contributed by atoms with E-state index in [1.54, 1.807) is 6.07 Å². The van der Waals surface area contributed by atoms with Gasteiger partial charge < -0.3 is 10.4 Å². The number of aliphatic hydroxyl groups excluding tert-OH is 1. The lowest BCUT2D eigenvalue weighted by Gasteiger charge is -2.15. The van der Waals surface area contributed by atoms with E-state index in [2.05, 4.69) is 29.1 Å². The first-order valence-corrected chi connectivity index (χ1v) is 11.5. The summed E-state index contributed by atoms with van der Waals surface area (Å²) < 4.78 is 38.7. The Labute approximate surface area is 204 Å². The van der Waals surface area contributed by atoms with Crippen LogP contribution in [-0.4, -0.2) is 27.6 Å². The normalized spacial score (nSPS) is 11.9. The van der Waals surface area contributed by atoms with Crippen molar-refractivity contribution in [2.75, 3.05) is 11.9 Å². The fourth-order valence-corrected chi connectivity index (χ4v) is 3.25. The summed E-state index contributed by atoms with van der Waals surface area (Å²) in [6.07, 6.45) is -1.79. The number of halogens is 3. The summed E-state index contributed by atoms with van der Waals surface area (Å²) in [6, 6.07) is 11.5. The lowest BCUT2D eigenvalue weighted by Crippen LogP contribution is -2.15. The van der Waals surface area contributed by atoms with Gasteiger partial charge in [0.1, 0.15) is 5.69 Å². The maximum Gasteiger partial charge on any atom is 0.433 e. The van der Waals surface area contributed by atoms with E-state index in [1.165, 1.54) is 6.07 Å². The van der Waals surface area contributed by atoms with Crippen LogP contribution in [0.5, 0.6) is 0 Å². The van der Waals surface area contributed by atoms with Gasteiger partial charge in [0.25, 0.3) is 5.91 Å². The number of anilines is 1. The molecule has 0 aliphatic rings. The number of alkyl halides is 3. The summed E-state index contributed by atoms with van der Waals surface area (Å²) in [5.41, 5.74) is 4.12. The molecule has 2 N–H and O–H groups in total. The molecule has 0 fully saturated rings. The van der Waals surface area contributed by atoms with Crippen LogP contribution in [-0.2, 0) is 6.18 Å². The van der Waals surface area contributed by atoms with Crippen LogP contribution in [0.4, 0.5) is 18.9 Å². The third kappa shape index (κ3) is 7.89. The molecule has 3 aromatic rings. The lowest BCUT2D eigenvalue weighted by molar-refractivity contribution is -0.141. The average molecular weight is 488 g/mol. The predicted molar refractivity (Wildman–Crippen MR) is 132 cm³/mol. The van der Waals surface area contributed by atoms with E-state index >= 15 is 0 Å². The SMILES string of the molecule is CCC(C)c1cc(-c2cc(NC(=O)c3ccnc(C(F)(F)F)c3)ccc2C)cc(C)n1.CCCO. The minimum atomic E-state index is -4.61. The summed E-state index contributed by atoms with van der Waals surface area (Å²) >= 11 is 0. The molecule has 2 aromatic heterocycles. The molecule has 2 heterocycles. The molecule has 0 radical (unpaired) electrons. The molecular formula is C27H32F3N3O2. The van der Waals surface area contributed by atoms with Crippen molar-refractivity contribution in [3.05, 3.63) is 76.9 Å². The molecule has 0 aliphatic heterocycles. The number of rotatable bonds is 6. The number of carbonyl (C=O) groups excluding carboxylic acids is 1. The molecule has 0 spiro atoms. The quantitative estimate of drug-likeness (QED) is 0.395. The number of hydrogen-bond donors (Lipinski definition) is 2. The Bertz CT molecular complexity index is 1140. The minimum absolute atomic E-state index is 0.108. The highest BCUT2D eigenvalue weighted by Crippen LogP contribution is 2.31. The summed E-state index contributed by atoms with van der Waals surface area (Å²) in [5, 5.41) is 10.6. The summed E-state index contributed by atoms with van der Waals surface area (Å²) in [7, 11) is 0. The van der Waals surface area contributed by atoms with E-state index in [9.17, 15) is 18.0 Å². The molecule has 0 saturated carbocycles. The summed E-state index contributed by atoms with van der Waals surface area (Å²) in [4.78, 5) is 20.5. The number of aromatic nitrogens is 2. The van der Waals surface area contributed by atoms with Gasteiger partial charge >= 0.3 is 6.18 Å². The smallest absolute Gasteiger partial charge is 0.396 e. The zero-order chi connectivity index (χ0) is 26.2. The number of aryl methyl sites for hydroxylation is 2. The molecule has 8 heteroatoms. The van der Waals surface area contributed by atoms with Crippen molar-refractivity contribution in [1.29, 1.82) is 0 Å². The number of nitrogens with one attached hydrogen (secondary N) is 1. The topological polar surface area (TPSA) is 75.1 Å². The second-order valence-corrected chi connectivity index (χ2v) is 8.37. The van der Waals surface area contributed by atoms with Gasteiger partial charge in [-0.2, -0.15) is 13.2 Å². The van der Waals surface area contributed by atoms with Crippen LogP contribution < -0.4 is 5.32 Å². The average Bonchev–Trinajstić information content (AvgIpc) is 2.84. The van der Waals surface area contributed by atoms with Gasteiger partial charge in [0.05, 0.1) is 0 Å². The first-order valence-electron chi connectivity index (χ1n) is 11.5. The highest BCUT2D eigenvalue weighted by Gasteiger charge is 2.33. The largest absolute Gasteiger partial charge is 0.433 e. The Kier molecular flexibility index (Phi) is 9.95. The summed E-state index contributed by atoms with van der Waals surface area (Å²) in [5.74, 6) is -0.315. The number of carbonyl (C=O) groups is 1. The van der Waals surface area contributed by atoms with E-state index in [-0.39, 0.29) is 5.56 Å². The van der Waals surface area contributed by atoms with E-state index in [0.717, 1.165) is 53.2 Å². The fourth-order valence-electron chi connectivity index (χ4n) is 3.25. The van der Waals surface area contributed by atoms with Gasteiger partial charge in [-0.1, -0.05) is 26.8 Å². The molecule has 1 amide bonds. The number of aliphatic hydroxyl groups is 1. The Hall–Kier alpha value is -3.26. The van der Waals surface area contributed by atoms with Crippen molar-refractivity contribution in [1.82, 2.24) is 9.97 Å². The summed E-state index contributed by atoms with van der Waals surface area (Å²) in [6.45, 7) is 10.4. The van der Waals surface area contributed by atoms with Crippen molar-refractivity contribution >= 4 is 11.6 Å².